The number of rotatable bonds is 4. The number of carbonyl (C=O) groups excluding carboxylic acids is 1. The van der Waals surface area contributed by atoms with E-state index in [0.29, 0.717) is 0 Å². The number of anilines is 1. The molecule has 2 aromatic rings. The average Bonchev–Trinajstić information content (AvgIpc) is 2.83. The van der Waals surface area contributed by atoms with E-state index in [0.717, 1.165) is 22.9 Å². The Bertz CT molecular complexity index is 714. The zero-order valence-electron chi connectivity index (χ0n) is 11.9. The van der Waals surface area contributed by atoms with Crippen LogP contribution in [-0.2, 0) is 17.4 Å². The first-order valence-corrected chi connectivity index (χ1v) is 6.46. The van der Waals surface area contributed by atoms with Gasteiger partial charge in [-0.15, -0.1) is 0 Å². The summed E-state index contributed by atoms with van der Waals surface area (Å²) in [5, 5.41) is 12.2. The van der Waals surface area contributed by atoms with E-state index in [2.05, 4.69) is 10.3 Å². The Labute approximate surface area is 128 Å². The lowest BCUT2D eigenvalue weighted by Gasteiger charge is -2.29. The second kappa shape index (κ2) is 5.99. The van der Waals surface area contributed by atoms with Gasteiger partial charge in [-0.3, -0.25) is 4.79 Å². The van der Waals surface area contributed by atoms with Crippen molar-refractivity contribution in [3.63, 3.8) is 0 Å². The molecule has 23 heavy (non-hydrogen) atoms. The molecule has 0 aliphatic rings. The lowest BCUT2D eigenvalue weighted by atomic mass is 9.97. The smallest absolute Gasteiger partial charge is 0.374 e. The molecule has 0 aliphatic heterocycles. The molecule has 0 saturated heterocycles. The Balaban J connectivity index is 2.25. The van der Waals surface area contributed by atoms with Gasteiger partial charge in [-0.1, -0.05) is 6.07 Å². The van der Waals surface area contributed by atoms with Crippen molar-refractivity contribution in [3.8, 4) is 0 Å². The minimum absolute atomic E-state index is 0.0145. The molecule has 2 N–H and O–H groups in total. The summed E-state index contributed by atoms with van der Waals surface area (Å²) in [6.45, 7) is 0. The van der Waals surface area contributed by atoms with Crippen LogP contribution in [0.25, 0.3) is 0 Å². The highest BCUT2D eigenvalue weighted by molar-refractivity contribution is 5.91. The Kier molecular flexibility index (Phi) is 4.42. The van der Waals surface area contributed by atoms with Crippen LogP contribution in [0.15, 0.2) is 36.7 Å². The molecule has 5 nitrogen and oxygen atoms in total. The minimum atomic E-state index is -5.12. The molecule has 1 amide bonds. The average molecular weight is 331 g/mol. The Hall–Kier alpha value is -2.42. The maximum atomic E-state index is 13.3. The van der Waals surface area contributed by atoms with Crippen LogP contribution in [0.4, 0.5) is 23.2 Å². The highest BCUT2D eigenvalue weighted by Crippen LogP contribution is 2.40. The zero-order valence-corrected chi connectivity index (χ0v) is 11.9. The molecule has 0 aliphatic carbocycles. The molecule has 124 valence electrons. The molecule has 0 radical (unpaired) electrons. The van der Waals surface area contributed by atoms with Crippen molar-refractivity contribution in [2.45, 2.75) is 18.2 Å². The minimum Gasteiger partial charge on any atom is -0.374 e. The molecule has 0 saturated carbocycles. The topological polar surface area (TPSA) is 67.1 Å². The van der Waals surface area contributed by atoms with Crippen LogP contribution in [0.5, 0.6) is 0 Å². The second-order valence-corrected chi connectivity index (χ2v) is 4.96. The predicted octanol–water partition coefficient (Wildman–Crippen LogP) is 2.34. The molecule has 1 atom stereocenters. The third kappa shape index (κ3) is 3.50. The summed E-state index contributed by atoms with van der Waals surface area (Å²) in [4.78, 5) is 15.3. The van der Waals surface area contributed by atoms with Gasteiger partial charge in [0, 0.05) is 25.1 Å². The van der Waals surface area contributed by atoms with Gasteiger partial charge in [-0.05, 0) is 18.2 Å². The third-order valence-corrected chi connectivity index (χ3v) is 3.18. The lowest BCUT2D eigenvalue weighted by Crippen LogP contribution is -2.46. The molecular weight excluding hydrogens is 318 g/mol. The number of aromatic nitrogens is 2. The molecule has 2 rings (SSSR count). The van der Waals surface area contributed by atoms with Gasteiger partial charge in [0.15, 0.2) is 5.82 Å². The van der Waals surface area contributed by atoms with E-state index in [1.807, 2.05) is 0 Å². The van der Waals surface area contributed by atoms with Crippen LogP contribution < -0.4 is 5.32 Å². The van der Waals surface area contributed by atoms with Crippen molar-refractivity contribution >= 4 is 11.6 Å². The number of halogens is 4. The number of benzene rings is 1. The molecule has 1 heterocycles. The van der Waals surface area contributed by atoms with Crippen molar-refractivity contribution in [1.29, 1.82) is 0 Å². The van der Waals surface area contributed by atoms with Crippen molar-refractivity contribution in [1.82, 2.24) is 9.55 Å². The number of hydrogen-bond donors (Lipinski definition) is 2. The van der Waals surface area contributed by atoms with E-state index in [1.165, 1.54) is 25.4 Å². The summed E-state index contributed by atoms with van der Waals surface area (Å²) >= 11 is 0. The maximum absolute atomic E-state index is 13.3. The second-order valence-electron chi connectivity index (χ2n) is 4.96. The zero-order chi connectivity index (χ0) is 17.3. The summed E-state index contributed by atoms with van der Waals surface area (Å²) in [5.74, 6) is -2.49. The fourth-order valence-electron chi connectivity index (χ4n) is 2.07. The number of aryl methyl sites for hydroxylation is 1. The van der Waals surface area contributed by atoms with Crippen LogP contribution in [0.1, 0.15) is 12.2 Å². The molecular formula is C14H13F4N3O2. The van der Waals surface area contributed by atoms with E-state index in [1.54, 1.807) is 0 Å². The van der Waals surface area contributed by atoms with E-state index < -0.39 is 35.7 Å². The summed E-state index contributed by atoms with van der Waals surface area (Å²) in [6.07, 6.45) is -4.13. The normalized spacial score (nSPS) is 14.3. The van der Waals surface area contributed by atoms with E-state index in [-0.39, 0.29) is 5.69 Å². The Morgan fingerprint density at radius 1 is 1.39 bits per heavy atom. The van der Waals surface area contributed by atoms with Gasteiger partial charge in [-0.2, -0.15) is 13.2 Å². The fourth-order valence-corrected chi connectivity index (χ4v) is 2.07. The monoisotopic (exact) mass is 331 g/mol. The molecule has 9 heteroatoms. The third-order valence-electron chi connectivity index (χ3n) is 3.18. The van der Waals surface area contributed by atoms with Crippen LogP contribution in [0, 0.1) is 5.82 Å². The number of carbonyl (C=O) groups is 1. The number of aliphatic hydroxyl groups is 1. The molecule has 0 fully saturated rings. The van der Waals surface area contributed by atoms with Gasteiger partial charge in [0.2, 0.25) is 11.5 Å². The van der Waals surface area contributed by atoms with Crippen molar-refractivity contribution in [2.75, 3.05) is 5.32 Å². The highest BCUT2D eigenvalue weighted by Gasteiger charge is 2.58. The van der Waals surface area contributed by atoms with Gasteiger partial charge in [0.1, 0.15) is 5.82 Å². The van der Waals surface area contributed by atoms with Crippen molar-refractivity contribution < 1.29 is 27.5 Å². The van der Waals surface area contributed by atoms with Crippen LogP contribution in [0.3, 0.4) is 0 Å². The van der Waals surface area contributed by atoms with Gasteiger partial charge < -0.3 is 15.0 Å². The van der Waals surface area contributed by atoms with E-state index in [4.69, 9.17) is 0 Å². The number of hydrogen-bond acceptors (Lipinski definition) is 3. The standard InChI is InChI=1S/C14H13F4N3O2/c1-21-6-5-19-12(21)13(23,14(16,17)18)8-11(22)20-10-4-2-3-9(15)7-10/h2-7,23H,8H2,1H3,(H,20,22)/t13-/m1/s1. The first-order chi connectivity index (χ1) is 10.6. The first-order valence-electron chi connectivity index (χ1n) is 6.46. The SMILES string of the molecule is Cn1ccnc1[C@](O)(CC(=O)Nc1cccc(F)c1)C(F)(F)F. The van der Waals surface area contributed by atoms with Gasteiger partial charge in [-0.25, -0.2) is 9.37 Å². The van der Waals surface area contributed by atoms with Crippen LogP contribution in [0.2, 0.25) is 0 Å². The Morgan fingerprint density at radius 3 is 2.61 bits per heavy atom. The number of imidazole rings is 1. The summed E-state index contributed by atoms with van der Waals surface area (Å²) in [7, 11) is 1.27. The molecule has 1 aromatic heterocycles. The highest BCUT2D eigenvalue weighted by atomic mass is 19.4. The van der Waals surface area contributed by atoms with Gasteiger partial charge >= 0.3 is 6.18 Å². The number of alkyl halides is 3. The van der Waals surface area contributed by atoms with Crippen LogP contribution in [-0.4, -0.2) is 26.7 Å². The number of amides is 1. The number of nitrogens with one attached hydrogen (secondary N) is 1. The van der Waals surface area contributed by atoms with Crippen LogP contribution >= 0.6 is 0 Å². The van der Waals surface area contributed by atoms with Crippen molar-refractivity contribution in [3.05, 3.63) is 48.3 Å². The van der Waals surface area contributed by atoms with E-state index >= 15 is 0 Å². The van der Waals surface area contributed by atoms with Crippen molar-refractivity contribution in [2.24, 2.45) is 7.05 Å². The maximum Gasteiger partial charge on any atom is 0.425 e. The van der Waals surface area contributed by atoms with E-state index in [9.17, 15) is 27.5 Å². The lowest BCUT2D eigenvalue weighted by molar-refractivity contribution is -0.270. The fraction of sp³-hybridized carbons (Fsp3) is 0.286. The summed E-state index contributed by atoms with van der Waals surface area (Å²) < 4.78 is 53.8. The molecule has 0 bridgehead atoms. The summed E-state index contributed by atoms with van der Waals surface area (Å²) in [5.41, 5.74) is -3.47. The molecule has 0 unspecified atom stereocenters. The first kappa shape index (κ1) is 16.9. The Morgan fingerprint density at radius 2 is 2.09 bits per heavy atom. The predicted molar refractivity (Wildman–Crippen MR) is 72.8 cm³/mol. The largest absolute Gasteiger partial charge is 0.425 e. The van der Waals surface area contributed by atoms with Gasteiger partial charge in [0.05, 0.1) is 6.42 Å². The summed E-state index contributed by atoms with van der Waals surface area (Å²) in [6, 6.07) is 4.68. The number of nitrogens with zero attached hydrogens (tertiary/aromatic N) is 2. The molecule has 1 aromatic carbocycles. The quantitative estimate of drug-likeness (QED) is 0.845. The van der Waals surface area contributed by atoms with Gasteiger partial charge in [0.25, 0.3) is 0 Å². The molecule has 0 spiro atoms.